The fourth-order valence-electron chi connectivity index (χ4n) is 2.80. The summed E-state index contributed by atoms with van der Waals surface area (Å²) < 4.78 is 5.63. The Morgan fingerprint density at radius 3 is 2.53 bits per heavy atom. The molecule has 1 aromatic heterocycles. The lowest BCUT2D eigenvalue weighted by Crippen LogP contribution is -2.30. The minimum absolute atomic E-state index is 0.0668. The van der Waals surface area contributed by atoms with Gasteiger partial charge in [-0.2, -0.15) is 0 Å². The van der Waals surface area contributed by atoms with Crippen LogP contribution in [-0.2, 0) is 9.59 Å². The molecule has 6 nitrogen and oxygen atoms in total. The standard InChI is InChI=1S/C22H22ClN3O3S/c1-13(24-15(3)27)16-7-9-17(10-8-16)20-12-30-22(25-20)26-21(28)14(2)29-19-6-4-5-18(23)11-19/h4-14H,1-3H3,(H,24,27)(H,25,26,28). The van der Waals surface area contributed by atoms with E-state index in [2.05, 4.69) is 15.6 Å². The summed E-state index contributed by atoms with van der Waals surface area (Å²) in [5.74, 6) is 0.161. The molecule has 0 spiro atoms. The molecule has 156 valence electrons. The maximum atomic E-state index is 12.4. The molecular formula is C22H22ClN3O3S. The Kier molecular flexibility index (Phi) is 7.07. The van der Waals surface area contributed by atoms with E-state index in [0.29, 0.717) is 15.9 Å². The van der Waals surface area contributed by atoms with Crippen molar-refractivity contribution in [3.63, 3.8) is 0 Å². The number of rotatable bonds is 7. The number of hydrogen-bond acceptors (Lipinski definition) is 5. The molecular weight excluding hydrogens is 422 g/mol. The number of benzene rings is 2. The van der Waals surface area contributed by atoms with Gasteiger partial charge in [0.25, 0.3) is 5.91 Å². The molecule has 0 aliphatic heterocycles. The van der Waals surface area contributed by atoms with Gasteiger partial charge in [-0.1, -0.05) is 41.9 Å². The minimum Gasteiger partial charge on any atom is -0.481 e. The molecule has 2 unspecified atom stereocenters. The highest BCUT2D eigenvalue weighted by atomic mass is 35.5. The van der Waals surface area contributed by atoms with Crippen LogP contribution in [0.3, 0.4) is 0 Å². The average molecular weight is 444 g/mol. The van der Waals surface area contributed by atoms with Crippen LogP contribution < -0.4 is 15.4 Å². The first-order chi connectivity index (χ1) is 14.3. The molecule has 0 saturated carbocycles. The van der Waals surface area contributed by atoms with Crippen LogP contribution in [0, 0.1) is 0 Å². The van der Waals surface area contributed by atoms with Crippen molar-refractivity contribution >= 4 is 39.9 Å². The molecule has 0 aliphatic carbocycles. The molecule has 0 radical (unpaired) electrons. The fourth-order valence-corrected chi connectivity index (χ4v) is 3.70. The predicted octanol–water partition coefficient (Wildman–Crippen LogP) is 5.07. The Hall–Kier alpha value is -2.90. The molecule has 2 amide bonds. The van der Waals surface area contributed by atoms with Crippen molar-refractivity contribution in [1.29, 1.82) is 0 Å². The Morgan fingerprint density at radius 2 is 1.87 bits per heavy atom. The number of nitrogens with zero attached hydrogens (tertiary/aromatic N) is 1. The number of carbonyl (C=O) groups is 2. The molecule has 0 bridgehead atoms. The molecule has 3 aromatic rings. The fraction of sp³-hybridized carbons (Fsp3) is 0.227. The summed E-state index contributed by atoms with van der Waals surface area (Å²) in [6.07, 6.45) is -0.703. The second-order valence-electron chi connectivity index (χ2n) is 6.79. The maximum absolute atomic E-state index is 12.4. The lowest BCUT2D eigenvalue weighted by atomic mass is 10.1. The van der Waals surface area contributed by atoms with Crippen LogP contribution >= 0.6 is 22.9 Å². The number of aromatic nitrogens is 1. The van der Waals surface area contributed by atoms with Gasteiger partial charge < -0.3 is 10.1 Å². The van der Waals surface area contributed by atoms with E-state index >= 15 is 0 Å². The van der Waals surface area contributed by atoms with Crippen molar-refractivity contribution in [2.24, 2.45) is 0 Å². The van der Waals surface area contributed by atoms with Crippen LogP contribution in [0.2, 0.25) is 5.02 Å². The number of ether oxygens (including phenoxy) is 1. The van der Waals surface area contributed by atoms with Crippen molar-refractivity contribution in [2.45, 2.75) is 32.9 Å². The van der Waals surface area contributed by atoms with Gasteiger partial charge in [-0.15, -0.1) is 11.3 Å². The largest absolute Gasteiger partial charge is 0.481 e. The van der Waals surface area contributed by atoms with Crippen molar-refractivity contribution in [3.8, 4) is 17.0 Å². The second-order valence-corrected chi connectivity index (χ2v) is 8.08. The number of amides is 2. The lowest BCUT2D eigenvalue weighted by molar-refractivity contribution is -0.122. The summed E-state index contributed by atoms with van der Waals surface area (Å²) in [5.41, 5.74) is 2.69. The predicted molar refractivity (Wildman–Crippen MR) is 120 cm³/mol. The second kappa shape index (κ2) is 9.73. The van der Waals surface area contributed by atoms with Gasteiger partial charge in [0, 0.05) is 22.9 Å². The molecule has 0 fully saturated rings. The van der Waals surface area contributed by atoms with Gasteiger partial charge in [0.15, 0.2) is 11.2 Å². The van der Waals surface area contributed by atoms with Gasteiger partial charge in [-0.25, -0.2) is 4.98 Å². The summed E-state index contributed by atoms with van der Waals surface area (Å²) in [7, 11) is 0. The van der Waals surface area contributed by atoms with Crippen LogP contribution in [0.25, 0.3) is 11.3 Å². The van der Waals surface area contributed by atoms with Crippen molar-refractivity contribution in [2.75, 3.05) is 5.32 Å². The Labute approximate surface area is 184 Å². The van der Waals surface area contributed by atoms with E-state index in [1.807, 2.05) is 36.6 Å². The number of hydrogen-bond donors (Lipinski definition) is 2. The highest BCUT2D eigenvalue weighted by Crippen LogP contribution is 2.26. The summed E-state index contributed by atoms with van der Waals surface area (Å²) in [5, 5.41) is 8.55. The molecule has 30 heavy (non-hydrogen) atoms. The van der Waals surface area contributed by atoms with Gasteiger partial charge in [0.1, 0.15) is 5.75 Å². The van der Waals surface area contributed by atoms with Crippen molar-refractivity contribution in [1.82, 2.24) is 10.3 Å². The highest BCUT2D eigenvalue weighted by Gasteiger charge is 2.17. The van der Waals surface area contributed by atoms with E-state index in [-0.39, 0.29) is 17.9 Å². The lowest BCUT2D eigenvalue weighted by Gasteiger charge is -2.13. The third-order valence-electron chi connectivity index (χ3n) is 4.34. The van der Waals surface area contributed by atoms with E-state index in [4.69, 9.17) is 16.3 Å². The topological polar surface area (TPSA) is 80.3 Å². The molecule has 0 saturated heterocycles. The maximum Gasteiger partial charge on any atom is 0.266 e. The molecule has 2 aromatic carbocycles. The third-order valence-corrected chi connectivity index (χ3v) is 5.33. The molecule has 1 heterocycles. The molecule has 8 heteroatoms. The zero-order chi connectivity index (χ0) is 21.7. The normalized spacial score (nSPS) is 12.7. The SMILES string of the molecule is CC(=O)NC(C)c1ccc(-c2csc(NC(=O)C(C)Oc3cccc(Cl)c3)n2)cc1. The summed E-state index contributed by atoms with van der Waals surface area (Å²) >= 11 is 7.28. The van der Waals surface area contributed by atoms with Crippen molar-refractivity contribution < 1.29 is 14.3 Å². The Bertz CT molecular complexity index is 1040. The number of thiazole rings is 1. The zero-order valence-corrected chi connectivity index (χ0v) is 18.4. The Balaban J connectivity index is 1.61. The molecule has 3 rings (SSSR count). The highest BCUT2D eigenvalue weighted by molar-refractivity contribution is 7.14. The first-order valence-electron chi connectivity index (χ1n) is 9.38. The Morgan fingerprint density at radius 1 is 1.13 bits per heavy atom. The number of anilines is 1. The van der Waals surface area contributed by atoms with E-state index < -0.39 is 6.10 Å². The van der Waals surface area contributed by atoms with Crippen molar-refractivity contribution in [3.05, 3.63) is 64.5 Å². The third kappa shape index (κ3) is 5.81. The monoisotopic (exact) mass is 443 g/mol. The molecule has 0 aliphatic rings. The van der Waals surface area contributed by atoms with Crippen LogP contribution in [-0.4, -0.2) is 22.9 Å². The number of nitrogens with one attached hydrogen (secondary N) is 2. The summed E-state index contributed by atoms with van der Waals surface area (Å²) in [6, 6.07) is 14.6. The smallest absolute Gasteiger partial charge is 0.266 e. The van der Waals surface area contributed by atoms with Crippen LogP contribution in [0.4, 0.5) is 5.13 Å². The quantitative estimate of drug-likeness (QED) is 0.534. The van der Waals surface area contributed by atoms with Gasteiger partial charge in [-0.3, -0.25) is 14.9 Å². The molecule has 2 atom stereocenters. The van der Waals surface area contributed by atoms with Crippen LogP contribution in [0.5, 0.6) is 5.75 Å². The summed E-state index contributed by atoms with van der Waals surface area (Å²) in [6.45, 7) is 5.09. The van der Waals surface area contributed by atoms with Gasteiger partial charge >= 0.3 is 0 Å². The van der Waals surface area contributed by atoms with Gasteiger partial charge in [0.05, 0.1) is 11.7 Å². The van der Waals surface area contributed by atoms with E-state index in [0.717, 1.165) is 16.8 Å². The number of carbonyl (C=O) groups excluding carboxylic acids is 2. The van der Waals surface area contributed by atoms with E-state index in [1.165, 1.54) is 18.3 Å². The minimum atomic E-state index is -0.703. The van der Waals surface area contributed by atoms with Gasteiger partial charge in [-0.05, 0) is 37.6 Å². The average Bonchev–Trinajstić information content (AvgIpc) is 3.16. The zero-order valence-electron chi connectivity index (χ0n) is 16.8. The van der Waals surface area contributed by atoms with Crippen LogP contribution in [0.15, 0.2) is 53.9 Å². The molecule has 2 N–H and O–H groups in total. The van der Waals surface area contributed by atoms with Gasteiger partial charge in [0.2, 0.25) is 5.91 Å². The van der Waals surface area contributed by atoms with Crippen LogP contribution in [0.1, 0.15) is 32.4 Å². The summed E-state index contributed by atoms with van der Waals surface area (Å²) in [4.78, 5) is 28.1. The van der Waals surface area contributed by atoms with E-state index in [9.17, 15) is 9.59 Å². The first-order valence-corrected chi connectivity index (χ1v) is 10.6. The number of halogens is 1. The first kappa shape index (κ1) is 21.8. The van der Waals surface area contributed by atoms with E-state index in [1.54, 1.807) is 31.2 Å².